The van der Waals surface area contributed by atoms with Crippen LogP contribution in [0.2, 0.25) is 10.0 Å². The number of carboxylic acids is 1. The summed E-state index contributed by atoms with van der Waals surface area (Å²) < 4.78 is 0. The zero-order chi connectivity index (χ0) is 19.7. The smallest absolute Gasteiger partial charge is 0.335 e. The fourth-order valence-electron chi connectivity index (χ4n) is 3.47. The van der Waals surface area contributed by atoms with Crippen LogP contribution in [-0.4, -0.2) is 27.1 Å². The van der Waals surface area contributed by atoms with Crippen molar-refractivity contribution in [2.75, 3.05) is 5.32 Å². The number of hydrogen-bond acceptors (Lipinski definition) is 4. The number of anilines is 1. The van der Waals surface area contributed by atoms with Crippen LogP contribution in [0.5, 0.6) is 0 Å². The molecule has 0 saturated carbocycles. The monoisotopic (exact) mass is 413 g/mol. The molecule has 1 aromatic heterocycles. The maximum absolute atomic E-state index is 11.2. The van der Waals surface area contributed by atoms with E-state index in [-0.39, 0.29) is 6.04 Å². The molecule has 1 aliphatic carbocycles. The van der Waals surface area contributed by atoms with Crippen LogP contribution in [0.4, 0.5) is 5.95 Å². The molecule has 142 valence electrons. The summed E-state index contributed by atoms with van der Waals surface area (Å²) in [6.07, 6.45) is 4.23. The number of halogens is 2. The summed E-state index contributed by atoms with van der Waals surface area (Å²) in [5.41, 5.74) is 4.07. The molecule has 2 N–H and O–H groups in total. The summed E-state index contributed by atoms with van der Waals surface area (Å²) in [4.78, 5) is 20.1. The highest BCUT2D eigenvalue weighted by atomic mass is 35.5. The van der Waals surface area contributed by atoms with Gasteiger partial charge in [0.15, 0.2) is 0 Å². The van der Waals surface area contributed by atoms with Gasteiger partial charge in [0.25, 0.3) is 0 Å². The number of rotatable bonds is 4. The predicted molar refractivity (Wildman–Crippen MR) is 110 cm³/mol. The molecule has 28 heavy (non-hydrogen) atoms. The lowest BCUT2D eigenvalue weighted by Gasteiger charge is -2.26. The van der Waals surface area contributed by atoms with Gasteiger partial charge in [-0.25, -0.2) is 14.8 Å². The first kappa shape index (κ1) is 18.7. The number of carbonyl (C=O) groups is 1. The van der Waals surface area contributed by atoms with E-state index in [0.717, 1.165) is 30.4 Å². The summed E-state index contributed by atoms with van der Waals surface area (Å²) in [6, 6.07) is 12.6. The molecule has 1 atom stereocenters. The van der Waals surface area contributed by atoms with E-state index in [0.29, 0.717) is 27.3 Å². The molecule has 1 heterocycles. The maximum Gasteiger partial charge on any atom is 0.335 e. The number of fused-ring (bicyclic) bond motifs is 1. The van der Waals surface area contributed by atoms with Crippen molar-refractivity contribution in [3.8, 4) is 11.3 Å². The van der Waals surface area contributed by atoms with Crippen LogP contribution in [0.25, 0.3) is 11.3 Å². The van der Waals surface area contributed by atoms with Crippen LogP contribution in [0.15, 0.2) is 48.7 Å². The van der Waals surface area contributed by atoms with Gasteiger partial charge >= 0.3 is 5.97 Å². The number of aryl methyl sites for hydroxylation is 1. The molecule has 3 aromatic rings. The third kappa shape index (κ3) is 3.96. The van der Waals surface area contributed by atoms with Gasteiger partial charge in [0.1, 0.15) is 0 Å². The van der Waals surface area contributed by atoms with Gasteiger partial charge < -0.3 is 10.4 Å². The molecule has 4 rings (SSSR count). The highest BCUT2D eigenvalue weighted by Crippen LogP contribution is 2.30. The number of hydrogen-bond donors (Lipinski definition) is 2. The van der Waals surface area contributed by atoms with Crippen LogP contribution in [-0.2, 0) is 12.8 Å². The molecule has 1 unspecified atom stereocenters. The molecular weight excluding hydrogens is 397 g/mol. The molecule has 2 aromatic carbocycles. The molecular formula is C21H17Cl2N3O2. The van der Waals surface area contributed by atoms with E-state index in [9.17, 15) is 9.90 Å². The third-order valence-corrected chi connectivity index (χ3v) is 5.43. The van der Waals surface area contributed by atoms with E-state index >= 15 is 0 Å². The van der Waals surface area contributed by atoms with Crippen molar-refractivity contribution in [1.82, 2.24) is 9.97 Å². The second kappa shape index (κ2) is 7.78. The Bertz CT molecular complexity index is 1060. The Kier molecular flexibility index (Phi) is 5.20. The first-order valence-corrected chi connectivity index (χ1v) is 9.65. The number of nitrogens with zero attached hydrogens (tertiary/aromatic N) is 2. The summed E-state index contributed by atoms with van der Waals surface area (Å²) in [5.74, 6) is -0.389. The van der Waals surface area contributed by atoms with E-state index in [2.05, 4.69) is 15.3 Å². The van der Waals surface area contributed by atoms with Crippen molar-refractivity contribution >= 4 is 35.1 Å². The SMILES string of the molecule is O=C(O)c1ccc2c(c1)CC(Nc1nccc(-c3ccc(Cl)cc3Cl)n1)CC2. The minimum absolute atomic E-state index is 0.132. The van der Waals surface area contributed by atoms with E-state index in [1.807, 2.05) is 12.1 Å². The Labute approximate surface area is 172 Å². The molecule has 1 aliphatic rings. The van der Waals surface area contributed by atoms with E-state index in [4.69, 9.17) is 23.2 Å². The number of nitrogens with one attached hydrogen (secondary N) is 1. The highest BCUT2D eigenvalue weighted by Gasteiger charge is 2.21. The Morgan fingerprint density at radius 2 is 1.96 bits per heavy atom. The summed E-state index contributed by atoms with van der Waals surface area (Å²) in [6.45, 7) is 0. The van der Waals surface area contributed by atoms with E-state index in [1.165, 1.54) is 5.56 Å². The fourth-order valence-corrected chi connectivity index (χ4v) is 3.98. The number of carboxylic acid groups (broad SMARTS) is 1. The second-order valence-corrected chi connectivity index (χ2v) is 7.61. The van der Waals surface area contributed by atoms with E-state index in [1.54, 1.807) is 36.5 Å². The topological polar surface area (TPSA) is 75.1 Å². The molecule has 0 aliphatic heterocycles. The van der Waals surface area contributed by atoms with Crippen molar-refractivity contribution in [1.29, 1.82) is 0 Å². The van der Waals surface area contributed by atoms with Crippen molar-refractivity contribution in [2.45, 2.75) is 25.3 Å². The van der Waals surface area contributed by atoms with Crippen LogP contribution >= 0.6 is 23.2 Å². The van der Waals surface area contributed by atoms with Gasteiger partial charge in [0, 0.05) is 22.8 Å². The Hall–Kier alpha value is -2.63. The standard InChI is InChI=1S/C21H17Cl2N3O2/c22-15-4-6-17(18(23)11-15)19-7-8-24-21(26-19)25-16-5-3-12-1-2-13(20(27)28)9-14(12)10-16/h1-2,4,6-9,11,16H,3,5,10H2,(H,27,28)(H,24,25,26). The lowest BCUT2D eigenvalue weighted by molar-refractivity contribution is 0.0696. The highest BCUT2D eigenvalue weighted by molar-refractivity contribution is 6.36. The molecule has 0 radical (unpaired) electrons. The minimum Gasteiger partial charge on any atom is -0.478 e. The molecule has 0 spiro atoms. The van der Waals surface area contributed by atoms with Crippen molar-refractivity contribution in [2.24, 2.45) is 0 Å². The zero-order valence-electron chi connectivity index (χ0n) is 14.8. The third-order valence-electron chi connectivity index (χ3n) is 4.88. The summed E-state index contributed by atoms with van der Waals surface area (Å²) in [5, 5.41) is 13.7. The molecule has 7 heteroatoms. The van der Waals surface area contributed by atoms with Gasteiger partial charge in [-0.1, -0.05) is 29.3 Å². The van der Waals surface area contributed by atoms with Gasteiger partial charge in [-0.3, -0.25) is 0 Å². The number of benzene rings is 2. The minimum atomic E-state index is -0.909. The summed E-state index contributed by atoms with van der Waals surface area (Å²) >= 11 is 12.3. The van der Waals surface area contributed by atoms with Crippen LogP contribution in [0.3, 0.4) is 0 Å². The summed E-state index contributed by atoms with van der Waals surface area (Å²) in [7, 11) is 0. The van der Waals surface area contributed by atoms with Gasteiger partial charge in [0.2, 0.25) is 5.95 Å². The van der Waals surface area contributed by atoms with Gasteiger partial charge in [-0.2, -0.15) is 0 Å². The molecule has 0 amide bonds. The largest absolute Gasteiger partial charge is 0.478 e. The predicted octanol–water partition coefficient (Wildman–Crippen LogP) is 5.12. The fraction of sp³-hybridized carbons (Fsp3) is 0.190. The molecule has 0 bridgehead atoms. The molecule has 0 fully saturated rings. The average molecular weight is 414 g/mol. The Balaban J connectivity index is 1.54. The van der Waals surface area contributed by atoms with Gasteiger partial charge in [-0.15, -0.1) is 0 Å². The average Bonchev–Trinajstić information content (AvgIpc) is 2.67. The van der Waals surface area contributed by atoms with Crippen LogP contribution in [0.1, 0.15) is 27.9 Å². The lowest BCUT2D eigenvalue weighted by atomic mass is 9.87. The van der Waals surface area contributed by atoms with Crippen molar-refractivity contribution in [3.05, 3.63) is 75.4 Å². The first-order valence-electron chi connectivity index (χ1n) is 8.90. The zero-order valence-corrected chi connectivity index (χ0v) is 16.3. The Morgan fingerprint density at radius 3 is 2.75 bits per heavy atom. The normalized spacial score (nSPS) is 15.7. The van der Waals surface area contributed by atoms with Crippen LogP contribution in [0, 0.1) is 0 Å². The quantitative estimate of drug-likeness (QED) is 0.620. The molecule has 5 nitrogen and oxygen atoms in total. The Morgan fingerprint density at radius 1 is 1.11 bits per heavy atom. The van der Waals surface area contributed by atoms with Crippen LogP contribution < -0.4 is 5.32 Å². The number of aromatic carboxylic acids is 1. The maximum atomic E-state index is 11.2. The molecule has 0 saturated heterocycles. The van der Waals surface area contributed by atoms with Crippen molar-refractivity contribution in [3.63, 3.8) is 0 Å². The van der Waals surface area contributed by atoms with Gasteiger partial charge in [-0.05, 0) is 66.8 Å². The number of aromatic nitrogens is 2. The van der Waals surface area contributed by atoms with Crippen molar-refractivity contribution < 1.29 is 9.90 Å². The van der Waals surface area contributed by atoms with E-state index < -0.39 is 5.97 Å². The first-order chi connectivity index (χ1) is 13.5. The second-order valence-electron chi connectivity index (χ2n) is 6.76. The lowest BCUT2D eigenvalue weighted by Crippen LogP contribution is -2.28. The van der Waals surface area contributed by atoms with Gasteiger partial charge in [0.05, 0.1) is 16.3 Å².